The topological polar surface area (TPSA) is 44.5 Å². The molecule has 3 nitrogen and oxygen atoms in total. The van der Waals surface area contributed by atoms with Crippen molar-refractivity contribution in [3.8, 4) is 11.5 Å². The van der Waals surface area contributed by atoms with Gasteiger partial charge in [-0.3, -0.25) is 0 Å². The van der Waals surface area contributed by atoms with Crippen LogP contribution >= 0.6 is 15.9 Å². The number of benzene rings is 2. The van der Waals surface area contributed by atoms with Gasteiger partial charge in [-0.05, 0) is 42.8 Å². The largest absolute Gasteiger partial charge is 0.497 e. The summed E-state index contributed by atoms with van der Waals surface area (Å²) in [6.07, 6.45) is 0. The monoisotopic (exact) mass is 353 g/mol. The number of hydrogen-bond donors (Lipinski definition) is 1. The summed E-state index contributed by atoms with van der Waals surface area (Å²) in [5.41, 5.74) is 7.34. The fourth-order valence-corrected chi connectivity index (χ4v) is 2.22. The Morgan fingerprint density at radius 3 is 2.62 bits per heavy atom. The molecule has 2 aromatic rings. The van der Waals surface area contributed by atoms with Crippen molar-refractivity contribution in [2.45, 2.75) is 19.6 Å². The van der Waals surface area contributed by atoms with Crippen LogP contribution in [-0.4, -0.2) is 7.11 Å². The number of nitrogens with two attached hydrogens (primary N) is 1. The van der Waals surface area contributed by atoms with E-state index in [-0.39, 0.29) is 18.4 Å². The maximum absolute atomic E-state index is 13.9. The molecule has 0 aromatic heterocycles. The van der Waals surface area contributed by atoms with Gasteiger partial charge in [-0.1, -0.05) is 22.0 Å². The average molecular weight is 354 g/mol. The lowest BCUT2D eigenvalue weighted by molar-refractivity contribution is 0.288. The predicted molar refractivity (Wildman–Crippen MR) is 84.0 cm³/mol. The minimum Gasteiger partial charge on any atom is -0.497 e. The van der Waals surface area contributed by atoms with Crippen LogP contribution in [0.4, 0.5) is 4.39 Å². The molecule has 2 rings (SSSR count). The minimum atomic E-state index is -0.413. The van der Waals surface area contributed by atoms with Crippen LogP contribution in [0.2, 0.25) is 0 Å². The molecule has 0 unspecified atom stereocenters. The van der Waals surface area contributed by atoms with E-state index in [4.69, 9.17) is 15.2 Å². The van der Waals surface area contributed by atoms with E-state index >= 15 is 0 Å². The molecule has 0 aliphatic heterocycles. The van der Waals surface area contributed by atoms with Crippen LogP contribution in [0.5, 0.6) is 11.5 Å². The molecule has 2 N–H and O–H groups in total. The molecule has 0 radical (unpaired) electrons. The van der Waals surface area contributed by atoms with Gasteiger partial charge in [-0.15, -0.1) is 0 Å². The van der Waals surface area contributed by atoms with Crippen LogP contribution in [-0.2, 0) is 6.61 Å². The quantitative estimate of drug-likeness (QED) is 0.876. The summed E-state index contributed by atoms with van der Waals surface area (Å²) in [5.74, 6) is 0.516. The zero-order chi connectivity index (χ0) is 15.4. The van der Waals surface area contributed by atoms with Gasteiger partial charge in [0.2, 0.25) is 0 Å². The molecule has 0 spiro atoms. The Hall–Kier alpha value is -1.59. The first-order valence-corrected chi connectivity index (χ1v) is 7.31. The second kappa shape index (κ2) is 6.91. The van der Waals surface area contributed by atoms with Crippen LogP contribution in [0.3, 0.4) is 0 Å². The maximum Gasteiger partial charge on any atom is 0.165 e. The molecule has 0 saturated carbocycles. The molecule has 0 bridgehead atoms. The number of ether oxygens (including phenoxy) is 2. The molecule has 0 fully saturated rings. The van der Waals surface area contributed by atoms with E-state index in [1.807, 2.05) is 25.1 Å². The lowest BCUT2D eigenvalue weighted by Gasteiger charge is -2.12. The summed E-state index contributed by atoms with van der Waals surface area (Å²) in [6, 6.07) is 10.1. The predicted octanol–water partition coefficient (Wildman–Crippen LogP) is 4.20. The van der Waals surface area contributed by atoms with E-state index in [9.17, 15) is 4.39 Å². The van der Waals surface area contributed by atoms with E-state index in [0.29, 0.717) is 0 Å². The Morgan fingerprint density at radius 2 is 2.00 bits per heavy atom. The van der Waals surface area contributed by atoms with Crippen molar-refractivity contribution in [1.29, 1.82) is 0 Å². The minimum absolute atomic E-state index is 0.203. The maximum atomic E-state index is 13.9. The number of rotatable bonds is 5. The molecular formula is C16H17BrFNO2. The summed E-state index contributed by atoms with van der Waals surface area (Å²) in [4.78, 5) is 0. The van der Waals surface area contributed by atoms with Gasteiger partial charge in [0.15, 0.2) is 11.6 Å². The highest BCUT2D eigenvalue weighted by Crippen LogP contribution is 2.26. The lowest BCUT2D eigenvalue weighted by Crippen LogP contribution is -2.06. The van der Waals surface area contributed by atoms with Crippen molar-refractivity contribution < 1.29 is 13.9 Å². The normalized spacial score (nSPS) is 12.0. The molecule has 0 amide bonds. The summed E-state index contributed by atoms with van der Waals surface area (Å²) in [5, 5.41) is 0. The first-order valence-electron chi connectivity index (χ1n) is 6.51. The van der Waals surface area contributed by atoms with Crippen molar-refractivity contribution >= 4 is 15.9 Å². The molecule has 112 valence electrons. The molecule has 0 heterocycles. The third kappa shape index (κ3) is 3.95. The molecule has 0 aliphatic rings. The zero-order valence-corrected chi connectivity index (χ0v) is 13.5. The fraction of sp³-hybridized carbons (Fsp3) is 0.250. The first kappa shape index (κ1) is 15.8. The Labute approximate surface area is 132 Å². The lowest BCUT2D eigenvalue weighted by atomic mass is 10.1. The number of halogens is 2. The van der Waals surface area contributed by atoms with E-state index in [2.05, 4.69) is 15.9 Å². The third-order valence-corrected chi connectivity index (χ3v) is 3.89. The second-order valence-electron chi connectivity index (χ2n) is 4.72. The highest BCUT2D eigenvalue weighted by atomic mass is 79.9. The van der Waals surface area contributed by atoms with Crippen LogP contribution in [0.25, 0.3) is 0 Å². The highest BCUT2D eigenvalue weighted by molar-refractivity contribution is 9.10. The molecular weight excluding hydrogens is 337 g/mol. The summed E-state index contributed by atoms with van der Waals surface area (Å²) < 4.78 is 25.5. The zero-order valence-electron chi connectivity index (χ0n) is 11.9. The fourth-order valence-electron chi connectivity index (χ4n) is 1.86. The smallest absolute Gasteiger partial charge is 0.165 e. The van der Waals surface area contributed by atoms with Gasteiger partial charge in [-0.25, -0.2) is 4.39 Å². The Balaban J connectivity index is 2.13. The van der Waals surface area contributed by atoms with Gasteiger partial charge < -0.3 is 15.2 Å². The van der Waals surface area contributed by atoms with Gasteiger partial charge in [0, 0.05) is 16.1 Å². The Bertz CT molecular complexity index is 632. The standard InChI is InChI=1S/C16H17BrFNO2/c1-10(19)11-3-6-16(15(18)8-11)21-9-12-7-13(20-2)4-5-14(12)17/h3-8,10H,9,19H2,1-2H3/t10-/m0/s1. The van der Waals surface area contributed by atoms with Crippen LogP contribution < -0.4 is 15.2 Å². The first-order chi connectivity index (χ1) is 10.0. The molecule has 1 atom stereocenters. The van der Waals surface area contributed by atoms with E-state index in [1.54, 1.807) is 19.2 Å². The van der Waals surface area contributed by atoms with Crippen molar-refractivity contribution in [3.05, 3.63) is 57.8 Å². The van der Waals surface area contributed by atoms with Crippen molar-refractivity contribution in [1.82, 2.24) is 0 Å². The highest BCUT2D eigenvalue weighted by Gasteiger charge is 2.09. The molecule has 0 aliphatic carbocycles. The van der Waals surface area contributed by atoms with E-state index < -0.39 is 5.82 Å². The van der Waals surface area contributed by atoms with Crippen LogP contribution in [0.1, 0.15) is 24.1 Å². The van der Waals surface area contributed by atoms with Crippen molar-refractivity contribution in [2.75, 3.05) is 7.11 Å². The van der Waals surface area contributed by atoms with Gasteiger partial charge in [-0.2, -0.15) is 0 Å². The molecule has 2 aromatic carbocycles. The van der Waals surface area contributed by atoms with E-state index in [1.165, 1.54) is 6.07 Å². The van der Waals surface area contributed by atoms with E-state index in [0.717, 1.165) is 21.3 Å². The number of hydrogen-bond acceptors (Lipinski definition) is 3. The van der Waals surface area contributed by atoms with Gasteiger partial charge in [0.25, 0.3) is 0 Å². The SMILES string of the molecule is COc1ccc(Br)c(COc2ccc([C@H](C)N)cc2F)c1. The van der Waals surface area contributed by atoms with Crippen LogP contribution in [0, 0.1) is 5.82 Å². The number of methoxy groups -OCH3 is 1. The second-order valence-corrected chi connectivity index (χ2v) is 5.58. The molecule has 5 heteroatoms. The summed E-state index contributed by atoms with van der Waals surface area (Å²) >= 11 is 3.44. The van der Waals surface area contributed by atoms with Crippen molar-refractivity contribution in [2.24, 2.45) is 5.73 Å². The van der Waals surface area contributed by atoms with Gasteiger partial charge >= 0.3 is 0 Å². The molecule has 0 saturated heterocycles. The third-order valence-electron chi connectivity index (χ3n) is 3.12. The Morgan fingerprint density at radius 1 is 1.24 bits per heavy atom. The Kier molecular flexibility index (Phi) is 5.20. The summed E-state index contributed by atoms with van der Waals surface area (Å²) in [7, 11) is 1.60. The summed E-state index contributed by atoms with van der Waals surface area (Å²) in [6.45, 7) is 2.05. The van der Waals surface area contributed by atoms with Gasteiger partial charge in [0.1, 0.15) is 12.4 Å². The van der Waals surface area contributed by atoms with Crippen LogP contribution in [0.15, 0.2) is 40.9 Å². The average Bonchev–Trinajstić information content (AvgIpc) is 2.47. The van der Waals surface area contributed by atoms with Crippen molar-refractivity contribution in [3.63, 3.8) is 0 Å². The molecule has 21 heavy (non-hydrogen) atoms. The van der Waals surface area contributed by atoms with Gasteiger partial charge in [0.05, 0.1) is 7.11 Å².